The van der Waals surface area contributed by atoms with Gasteiger partial charge in [0.15, 0.2) is 0 Å². The zero-order chi connectivity index (χ0) is 12.3. The summed E-state index contributed by atoms with van der Waals surface area (Å²) in [7, 11) is 0. The van der Waals surface area contributed by atoms with Gasteiger partial charge in [-0.05, 0) is 39.5 Å². The van der Waals surface area contributed by atoms with Crippen molar-refractivity contribution in [1.29, 1.82) is 0 Å². The summed E-state index contributed by atoms with van der Waals surface area (Å²) in [5.74, 6) is 0.789. The summed E-state index contributed by atoms with van der Waals surface area (Å²) in [6.45, 7) is 16.3. The number of hydrogen-bond donors (Lipinski definition) is 1. The third kappa shape index (κ3) is 3.21. The molecule has 0 aromatic rings. The van der Waals surface area contributed by atoms with Gasteiger partial charge in [0.25, 0.3) is 0 Å². The molecule has 0 radical (unpaired) electrons. The molecule has 0 saturated carbocycles. The van der Waals surface area contributed by atoms with Gasteiger partial charge in [-0.25, -0.2) is 0 Å². The van der Waals surface area contributed by atoms with Crippen LogP contribution in [0.25, 0.3) is 0 Å². The van der Waals surface area contributed by atoms with Crippen LogP contribution in [0.3, 0.4) is 0 Å². The summed E-state index contributed by atoms with van der Waals surface area (Å²) in [5, 5.41) is 3.74. The average molecular weight is 226 g/mol. The Kier molecular flexibility index (Phi) is 4.81. The van der Waals surface area contributed by atoms with E-state index in [2.05, 4.69) is 51.8 Å². The second-order valence-electron chi connectivity index (χ2n) is 6.30. The van der Waals surface area contributed by atoms with Crippen molar-refractivity contribution in [2.75, 3.05) is 13.1 Å². The molecule has 1 aliphatic heterocycles. The van der Waals surface area contributed by atoms with Crippen LogP contribution in [-0.2, 0) is 0 Å². The van der Waals surface area contributed by atoms with E-state index in [1.165, 1.54) is 19.4 Å². The lowest BCUT2D eigenvalue weighted by molar-refractivity contribution is 0.0184. The highest BCUT2D eigenvalue weighted by Crippen LogP contribution is 2.26. The summed E-state index contributed by atoms with van der Waals surface area (Å²) >= 11 is 0. The molecule has 2 nitrogen and oxygen atoms in total. The van der Waals surface area contributed by atoms with Crippen LogP contribution in [0.1, 0.15) is 54.4 Å². The monoisotopic (exact) mass is 226 g/mol. The highest BCUT2D eigenvalue weighted by molar-refractivity contribution is 4.96. The zero-order valence-corrected chi connectivity index (χ0v) is 12.0. The Bertz CT molecular complexity index is 213. The van der Waals surface area contributed by atoms with Crippen molar-refractivity contribution >= 4 is 0 Å². The molecule has 1 aliphatic rings. The molecule has 2 unspecified atom stereocenters. The number of hydrogen-bond acceptors (Lipinski definition) is 2. The molecule has 1 fully saturated rings. The van der Waals surface area contributed by atoms with Gasteiger partial charge in [-0.3, -0.25) is 4.90 Å². The number of nitrogens with one attached hydrogen (secondary N) is 1. The summed E-state index contributed by atoms with van der Waals surface area (Å²) in [4.78, 5) is 2.69. The first-order chi connectivity index (χ1) is 7.39. The Morgan fingerprint density at radius 3 is 2.38 bits per heavy atom. The molecule has 16 heavy (non-hydrogen) atoms. The van der Waals surface area contributed by atoms with Crippen molar-refractivity contribution in [2.24, 2.45) is 5.92 Å². The van der Waals surface area contributed by atoms with Gasteiger partial charge in [-0.1, -0.05) is 20.8 Å². The lowest BCUT2D eigenvalue weighted by Crippen LogP contribution is -2.64. The molecule has 2 atom stereocenters. The Hall–Kier alpha value is -0.0800. The van der Waals surface area contributed by atoms with E-state index in [-0.39, 0.29) is 0 Å². The van der Waals surface area contributed by atoms with Gasteiger partial charge in [0, 0.05) is 30.7 Å². The minimum atomic E-state index is 0.349. The molecular formula is C14H30N2. The summed E-state index contributed by atoms with van der Waals surface area (Å²) in [6.07, 6.45) is 2.52. The maximum atomic E-state index is 3.74. The fourth-order valence-corrected chi connectivity index (χ4v) is 2.88. The Morgan fingerprint density at radius 2 is 1.94 bits per heavy atom. The Balaban J connectivity index is 2.65. The van der Waals surface area contributed by atoms with Crippen LogP contribution in [0.15, 0.2) is 0 Å². The zero-order valence-electron chi connectivity index (χ0n) is 12.0. The van der Waals surface area contributed by atoms with E-state index in [1.54, 1.807) is 0 Å². The summed E-state index contributed by atoms with van der Waals surface area (Å²) < 4.78 is 0. The first-order valence-corrected chi connectivity index (χ1v) is 6.89. The normalized spacial score (nSPS) is 32.6. The molecule has 0 aliphatic carbocycles. The number of piperazine rings is 1. The molecule has 1 rings (SSSR count). The predicted octanol–water partition coefficient (Wildman–Crippen LogP) is 2.88. The van der Waals surface area contributed by atoms with Gasteiger partial charge < -0.3 is 5.32 Å². The molecule has 2 heteroatoms. The second-order valence-corrected chi connectivity index (χ2v) is 6.30. The third-order valence-corrected chi connectivity index (χ3v) is 4.02. The molecule has 1 saturated heterocycles. The number of nitrogens with zero attached hydrogens (tertiary/aromatic N) is 1. The maximum Gasteiger partial charge on any atom is 0.0306 e. The van der Waals surface area contributed by atoms with Gasteiger partial charge in [0.1, 0.15) is 0 Å². The van der Waals surface area contributed by atoms with E-state index in [9.17, 15) is 0 Å². The van der Waals surface area contributed by atoms with Crippen molar-refractivity contribution in [1.82, 2.24) is 10.2 Å². The van der Waals surface area contributed by atoms with Gasteiger partial charge in [0.2, 0.25) is 0 Å². The fraction of sp³-hybridized carbons (Fsp3) is 1.00. The first kappa shape index (κ1) is 14.0. The largest absolute Gasteiger partial charge is 0.311 e. The van der Waals surface area contributed by atoms with Crippen molar-refractivity contribution in [3.05, 3.63) is 0 Å². The van der Waals surface area contributed by atoms with E-state index >= 15 is 0 Å². The van der Waals surface area contributed by atoms with Crippen molar-refractivity contribution in [3.63, 3.8) is 0 Å². The quantitative estimate of drug-likeness (QED) is 0.793. The van der Waals surface area contributed by atoms with Gasteiger partial charge >= 0.3 is 0 Å². The molecule has 96 valence electrons. The highest BCUT2D eigenvalue weighted by atomic mass is 15.3. The first-order valence-electron chi connectivity index (χ1n) is 6.89. The fourth-order valence-electron chi connectivity index (χ4n) is 2.88. The average Bonchev–Trinajstić information content (AvgIpc) is 2.20. The van der Waals surface area contributed by atoms with E-state index in [0.29, 0.717) is 17.6 Å². The highest BCUT2D eigenvalue weighted by Gasteiger charge is 2.37. The third-order valence-electron chi connectivity index (χ3n) is 4.02. The summed E-state index contributed by atoms with van der Waals surface area (Å²) in [5.41, 5.74) is 0.349. The van der Waals surface area contributed by atoms with Crippen LogP contribution in [0.5, 0.6) is 0 Å². The summed E-state index contributed by atoms with van der Waals surface area (Å²) in [6, 6.07) is 1.34. The van der Waals surface area contributed by atoms with Crippen LogP contribution >= 0.6 is 0 Å². The Morgan fingerprint density at radius 1 is 1.31 bits per heavy atom. The molecule has 0 spiro atoms. The lowest BCUT2D eigenvalue weighted by atomic mass is 9.89. The molecular weight excluding hydrogens is 196 g/mol. The molecule has 1 N–H and O–H groups in total. The van der Waals surface area contributed by atoms with Gasteiger partial charge in [0.05, 0.1) is 0 Å². The van der Waals surface area contributed by atoms with Gasteiger partial charge in [-0.15, -0.1) is 0 Å². The molecule has 0 aromatic carbocycles. The van der Waals surface area contributed by atoms with Crippen LogP contribution in [0.4, 0.5) is 0 Å². The van der Waals surface area contributed by atoms with E-state index in [0.717, 1.165) is 12.5 Å². The predicted molar refractivity (Wildman–Crippen MR) is 71.8 cm³/mol. The van der Waals surface area contributed by atoms with Gasteiger partial charge in [-0.2, -0.15) is 0 Å². The van der Waals surface area contributed by atoms with E-state index < -0.39 is 0 Å². The lowest BCUT2D eigenvalue weighted by Gasteiger charge is -2.50. The van der Waals surface area contributed by atoms with Crippen molar-refractivity contribution in [2.45, 2.75) is 72.0 Å². The Labute approximate surface area is 102 Å². The van der Waals surface area contributed by atoms with E-state index in [4.69, 9.17) is 0 Å². The minimum Gasteiger partial charge on any atom is -0.311 e. The molecule has 0 amide bonds. The molecule has 1 heterocycles. The minimum absolute atomic E-state index is 0.349. The van der Waals surface area contributed by atoms with Crippen LogP contribution in [-0.4, -0.2) is 35.6 Å². The topological polar surface area (TPSA) is 15.3 Å². The number of rotatable bonds is 4. The standard InChI is InChI=1S/C14H30N2/c1-7-14(6)10-15-13(8-11(2)3)9-16(14)12(4)5/h11-13,15H,7-10H2,1-6H3. The smallest absolute Gasteiger partial charge is 0.0306 e. The maximum absolute atomic E-state index is 3.74. The van der Waals surface area contributed by atoms with Crippen LogP contribution in [0, 0.1) is 5.92 Å². The van der Waals surface area contributed by atoms with Crippen molar-refractivity contribution < 1.29 is 0 Å². The molecule has 0 bridgehead atoms. The second kappa shape index (κ2) is 5.50. The molecule has 0 aromatic heterocycles. The van der Waals surface area contributed by atoms with Crippen LogP contribution < -0.4 is 5.32 Å². The van der Waals surface area contributed by atoms with Crippen LogP contribution in [0.2, 0.25) is 0 Å². The SMILES string of the molecule is CCC1(C)CNC(CC(C)C)CN1C(C)C. The van der Waals surface area contributed by atoms with Crippen molar-refractivity contribution in [3.8, 4) is 0 Å². The van der Waals surface area contributed by atoms with E-state index in [1.807, 2.05) is 0 Å².